The Kier molecular flexibility index (Phi) is 4.85. The second-order valence-corrected chi connectivity index (χ2v) is 7.52. The van der Waals surface area contributed by atoms with E-state index in [0.717, 1.165) is 17.7 Å². The Balaban J connectivity index is 1.45. The number of halogens is 3. The van der Waals surface area contributed by atoms with Crippen molar-refractivity contribution in [2.75, 3.05) is 0 Å². The van der Waals surface area contributed by atoms with Gasteiger partial charge in [-0.2, -0.15) is 13.2 Å². The number of para-hydroxylation sites is 1. The van der Waals surface area contributed by atoms with E-state index in [1.54, 1.807) is 60.0 Å². The number of rotatable bonds is 3. The largest absolute Gasteiger partial charge is 0.416 e. The molecule has 0 aliphatic rings. The third kappa shape index (κ3) is 3.80. The van der Waals surface area contributed by atoms with Crippen molar-refractivity contribution in [3.8, 4) is 28.3 Å². The molecule has 5 rings (SSSR count). The molecule has 2 aromatic heterocycles. The van der Waals surface area contributed by atoms with Crippen molar-refractivity contribution in [1.29, 1.82) is 0 Å². The molecule has 2 heterocycles. The lowest BCUT2D eigenvalue weighted by atomic mass is 10.1. The molecule has 0 N–H and O–H groups in total. The molecular weight excluding hydrogens is 431 g/mol. The van der Waals surface area contributed by atoms with Gasteiger partial charge >= 0.3 is 6.18 Å². The standard InChI is InChI=1S/C25H16F3N3O2/c1-15-29-21-5-3-2-4-20(21)24(32)31(15)19-12-8-16(9-13-19)22-14-23(33-30-22)17-6-10-18(11-7-17)25(26,27)28/h2-14H,1H3. The highest BCUT2D eigenvalue weighted by Gasteiger charge is 2.30. The van der Waals surface area contributed by atoms with Crippen LogP contribution < -0.4 is 5.56 Å². The van der Waals surface area contributed by atoms with E-state index in [9.17, 15) is 18.0 Å². The maximum atomic E-state index is 13.0. The maximum absolute atomic E-state index is 13.0. The van der Waals surface area contributed by atoms with Crippen molar-refractivity contribution < 1.29 is 17.7 Å². The second-order valence-electron chi connectivity index (χ2n) is 7.52. The van der Waals surface area contributed by atoms with Gasteiger partial charge in [-0.15, -0.1) is 0 Å². The van der Waals surface area contributed by atoms with Gasteiger partial charge in [0.05, 0.1) is 22.2 Å². The average molecular weight is 447 g/mol. The van der Waals surface area contributed by atoms with Crippen LogP contribution in [-0.2, 0) is 6.18 Å². The Bertz CT molecular complexity index is 1520. The van der Waals surface area contributed by atoms with Crippen LogP contribution in [0.1, 0.15) is 11.4 Å². The molecule has 0 fully saturated rings. The van der Waals surface area contributed by atoms with Crippen LogP contribution in [0.25, 0.3) is 39.2 Å². The van der Waals surface area contributed by atoms with Gasteiger partial charge in [0.1, 0.15) is 11.5 Å². The predicted molar refractivity (Wildman–Crippen MR) is 118 cm³/mol. The zero-order valence-corrected chi connectivity index (χ0v) is 17.3. The summed E-state index contributed by atoms with van der Waals surface area (Å²) in [5, 5.41) is 4.57. The average Bonchev–Trinajstić information content (AvgIpc) is 3.29. The highest BCUT2D eigenvalue weighted by Crippen LogP contribution is 2.32. The third-order valence-electron chi connectivity index (χ3n) is 5.37. The molecule has 0 bridgehead atoms. The molecule has 0 radical (unpaired) electrons. The molecule has 0 amide bonds. The number of aryl methyl sites for hydroxylation is 1. The van der Waals surface area contributed by atoms with Crippen molar-refractivity contribution in [3.05, 3.63) is 101 Å². The molecule has 8 heteroatoms. The number of benzene rings is 3. The fourth-order valence-corrected chi connectivity index (χ4v) is 3.70. The number of fused-ring (bicyclic) bond motifs is 1. The zero-order valence-electron chi connectivity index (χ0n) is 17.3. The molecule has 33 heavy (non-hydrogen) atoms. The highest BCUT2D eigenvalue weighted by molar-refractivity contribution is 5.78. The summed E-state index contributed by atoms with van der Waals surface area (Å²) in [5.41, 5.74) is 2.17. The summed E-state index contributed by atoms with van der Waals surface area (Å²) in [5.74, 6) is 0.922. The fraction of sp³-hybridized carbons (Fsp3) is 0.0800. The van der Waals surface area contributed by atoms with Crippen LogP contribution in [0.5, 0.6) is 0 Å². The number of nitrogens with zero attached hydrogens (tertiary/aromatic N) is 3. The molecule has 0 saturated carbocycles. The van der Waals surface area contributed by atoms with Gasteiger partial charge in [-0.25, -0.2) is 4.98 Å². The van der Waals surface area contributed by atoms with Gasteiger partial charge in [-0.1, -0.05) is 41.6 Å². The smallest absolute Gasteiger partial charge is 0.356 e. The molecule has 5 nitrogen and oxygen atoms in total. The summed E-state index contributed by atoms with van der Waals surface area (Å²) in [6.45, 7) is 1.77. The Morgan fingerprint density at radius 3 is 2.24 bits per heavy atom. The third-order valence-corrected chi connectivity index (χ3v) is 5.37. The number of alkyl halides is 3. The van der Waals surface area contributed by atoms with Gasteiger partial charge in [-0.05, 0) is 43.3 Å². The van der Waals surface area contributed by atoms with Gasteiger partial charge < -0.3 is 4.52 Å². The molecule has 0 atom stereocenters. The van der Waals surface area contributed by atoms with E-state index in [2.05, 4.69) is 10.1 Å². The first kappa shape index (κ1) is 20.7. The monoisotopic (exact) mass is 447 g/mol. The normalized spacial score (nSPS) is 11.8. The lowest BCUT2D eigenvalue weighted by molar-refractivity contribution is -0.137. The quantitative estimate of drug-likeness (QED) is 0.339. The van der Waals surface area contributed by atoms with Gasteiger partial charge in [-0.3, -0.25) is 9.36 Å². The summed E-state index contributed by atoms with van der Waals surface area (Å²) in [4.78, 5) is 17.5. The Labute approximate surface area is 185 Å². The van der Waals surface area contributed by atoms with Gasteiger partial charge in [0, 0.05) is 17.2 Å². The lowest BCUT2D eigenvalue weighted by Gasteiger charge is -2.11. The van der Waals surface area contributed by atoms with Crippen LogP contribution >= 0.6 is 0 Å². The van der Waals surface area contributed by atoms with Crippen LogP contribution in [0.2, 0.25) is 0 Å². The second kappa shape index (κ2) is 7.74. The highest BCUT2D eigenvalue weighted by atomic mass is 19.4. The summed E-state index contributed by atoms with van der Waals surface area (Å²) in [6.07, 6.45) is -4.40. The SMILES string of the molecule is Cc1nc2ccccc2c(=O)n1-c1ccc(-c2cc(-c3ccc(C(F)(F)F)cc3)on2)cc1. The predicted octanol–water partition coefficient (Wildman–Crippen LogP) is 6.03. The maximum Gasteiger partial charge on any atom is 0.416 e. The van der Waals surface area contributed by atoms with Crippen molar-refractivity contribution in [1.82, 2.24) is 14.7 Å². The molecule has 0 spiro atoms. The molecule has 0 unspecified atom stereocenters. The fourth-order valence-electron chi connectivity index (χ4n) is 3.70. The van der Waals surface area contributed by atoms with Crippen LogP contribution in [-0.4, -0.2) is 14.7 Å². The minimum Gasteiger partial charge on any atom is -0.356 e. The van der Waals surface area contributed by atoms with Crippen LogP contribution in [0.4, 0.5) is 13.2 Å². The summed E-state index contributed by atoms with van der Waals surface area (Å²) < 4.78 is 45.2. The topological polar surface area (TPSA) is 60.9 Å². The first-order valence-corrected chi connectivity index (χ1v) is 10.0. The molecule has 164 valence electrons. The van der Waals surface area contributed by atoms with Crippen molar-refractivity contribution in [3.63, 3.8) is 0 Å². The van der Waals surface area contributed by atoms with Gasteiger partial charge in [0.25, 0.3) is 5.56 Å². The molecular formula is C25H16F3N3O2. The Morgan fingerprint density at radius 1 is 0.879 bits per heavy atom. The van der Waals surface area contributed by atoms with Crippen molar-refractivity contribution >= 4 is 10.9 Å². The lowest BCUT2D eigenvalue weighted by Crippen LogP contribution is -2.22. The van der Waals surface area contributed by atoms with Gasteiger partial charge in [0.2, 0.25) is 0 Å². The van der Waals surface area contributed by atoms with E-state index in [4.69, 9.17) is 4.52 Å². The van der Waals surface area contributed by atoms with E-state index in [1.165, 1.54) is 12.1 Å². The Hall–Kier alpha value is -4.20. The summed E-state index contributed by atoms with van der Waals surface area (Å²) in [7, 11) is 0. The molecule has 0 saturated heterocycles. The van der Waals surface area contributed by atoms with Gasteiger partial charge in [0.15, 0.2) is 5.76 Å². The summed E-state index contributed by atoms with van der Waals surface area (Å²) >= 11 is 0. The van der Waals surface area contributed by atoms with E-state index in [-0.39, 0.29) is 5.56 Å². The molecule has 3 aromatic carbocycles. The Morgan fingerprint density at radius 2 is 1.55 bits per heavy atom. The molecule has 0 aliphatic heterocycles. The van der Waals surface area contributed by atoms with E-state index in [1.807, 2.05) is 6.07 Å². The summed E-state index contributed by atoms with van der Waals surface area (Å²) in [6, 6.07) is 20.7. The van der Waals surface area contributed by atoms with E-state index >= 15 is 0 Å². The number of hydrogen-bond donors (Lipinski definition) is 0. The number of aromatic nitrogens is 3. The van der Waals surface area contributed by atoms with Crippen molar-refractivity contribution in [2.45, 2.75) is 13.1 Å². The van der Waals surface area contributed by atoms with Crippen molar-refractivity contribution in [2.24, 2.45) is 0 Å². The van der Waals surface area contributed by atoms with Crippen LogP contribution in [0.3, 0.4) is 0 Å². The minimum absolute atomic E-state index is 0.156. The van der Waals surface area contributed by atoms with E-state index in [0.29, 0.717) is 39.4 Å². The first-order valence-electron chi connectivity index (χ1n) is 10.0. The first-order chi connectivity index (χ1) is 15.8. The van der Waals surface area contributed by atoms with E-state index < -0.39 is 11.7 Å². The van der Waals surface area contributed by atoms with Crippen LogP contribution in [0, 0.1) is 6.92 Å². The van der Waals surface area contributed by atoms with Crippen LogP contribution in [0.15, 0.2) is 88.2 Å². The molecule has 0 aliphatic carbocycles. The number of hydrogen-bond acceptors (Lipinski definition) is 4. The zero-order chi connectivity index (χ0) is 23.2. The minimum atomic E-state index is -4.40. The molecule has 5 aromatic rings.